The van der Waals surface area contributed by atoms with E-state index in [1.54, 1.807) is 17.8 Å². The number of hydrogen-bond donors (Lipinski definition) is 2. The van der Waals surface area contributed by atoms with Crippen LogP contribution >= 0.6 is 33.3 Å². The second kappa shape index (κ2) is 15.3. The minimum atomic E-state index is -0.639. The predicted octanol–water partition coefficient (Wildman–Crippen LogP) is 3.49. The maximum absolute atomic E-state index is 12.1. The minimum absolute atomic E-state index is 0.0181. The SMILES string of the molecule is CC/C=C\CSCC(=O)NCCSSCC(=O)Cc1ccc(O)c(C(=O)OC)c1. The summed E-state index contributed by atoms with van der Waals surface area (Å²) in [6, 6.07) is 4.48. The topological polar surface area (TPSA) is 92.7 Å². The number of hydrogen-bond acceptors (Lipinski definition) is 8. The lowest BCUT2D eigenvalue weighted by Gasteiger charge is -2.06. The molecule has 9 heteroatoms. The molecule has 0 aromatic heterocycles. The highest BCUT2D eigenvalue weighted by molar-refractivity contribution is 8.76. The first kappa shape index (κ1) is 25.5. The highest BCUT2D eigenvalue weighted by atomic mass is 33.1. The molecular formula is C20H27NO5S3. The summed E-state index contributed by atoms with van der Waals surface area (Å²) >= 11 is 1.58. The van der Waals surface area contributed by atoms with Crippen molar-refractivity contribution in [2.45, 2.75) is 19.8 Å². The van der Waals surface area contributed by atoms with E-state index in [2.05, 4.69) is 29.1 Å². The standard InChI is InChI=1S/C20H27NO5S3/c1-3-4-5-9-27-14-19(24)21-8-10-28-29-13-16(22)11-15-6-7-18(23)17(12-15)20(25)26-2/h4-7,12,23H,3,8-11,13-14H2,1-2H3,(H,21,24)/b5-4-. The highest BCUT2D eigenvalue weighted by Crippen LogP contribution is 2.23. The Morgan fingerprint density at radius 3 is 2.69 bits per heavy atom. The first-order chi connectivity index (χ1) is 14.0. The van der Waals surface area contributed by atoms with Gasteiger partial charge in [-0.3, -0.25) is 9.59 Å². The lowest BCUT2D eigenvalue weighted by molar-refractivity contribution is -0.118. The molecule has 0 fully saturated rings. The molecule has 1 amide bonds. The average Bonchev–Trinajstić information content (AvgIpc) is 2.71. The van der Waals surface area contributed by atoms with E-state index in [0.29, 0.717) is 23.6 Å². The number of Topliss-reactive ketones (excluding diaryl/α,β-unsaturated/α-hetero) is 1. The van der Waals surface area contributed by atoms with Crippen LogP contribution in [-0.2, 0) is 20.7 Å². The van der Waals surface area contributed by atoms with Crippen molar-refractivity contribution in [2.24, 2.45) is 0 Å². The molecule has 0 saturated heterocycles. The maximum atomic E-state index is 12.1. The Morgan fingerprint density at radius 2 is 1.97 bits per heavy atom. The third-order valence-electron chi connectivity index (χ3n) is 3.53. The van der Waals surface area contributed by atoms with Crippen LogP contribution in [0.25, 0.3) is 0 Å². The molecular weight excluding hydrogens is 430 g/mol. The molecule has 2 N–H and O–H groups in total. The van der Waals surface area contributed by atoms with E-state index in [-0.39, 0.29) is 29.4 Å². The first-order valence-corrected chi connectivity index (χ1v) is 12.8. The summed E-state index contributed by atoms with van der Waals surface area (Å²) in [5, 5.41) is 12.5. The summed E-state index contributed by atoms with van der Waals surface area (Å²) in [5.74, 6) is 1.57. The van der Waals surface area contributed by atoms with Gasteiger partial charge >= 0.3 is 5.97 Å². The highest BCUT2D eigenvalue weighted by Gasteiger charge is 2.13. The van der Waals surface area contributed by atoms with E-state index in [4.69, 9.17) is 0 Å². The Hall–Kier alpha value is -1.58. The maximum Gasteiger partial charge on any atom is 0.341 e. The van der Waals surface area contributed by atoms with Crippen LogP contribution in [0, 0.1) is 0 Å². The molecule has 0 bridgehead atoms. The molecule has 0 aliphatic heterocycles. The van der Waals surface area contributed by atoms with Gasteiger partial charge in [0.1, 0.15) is 17.1 Å². The fourth-order valence-corrected chi connectivity index (χ4v) is 4.69. The quantitative estimate of drug-likeness (QED) is 0.190. The summed E-state index contributed by atoms with van der Waals surface area (Å²) in [6.45, 7) is 2.64. The van der Waals surface area contributed by atoms with E-state index in [9.17, 15) is 19.5 Å². The van der Waals surface area contributed by atoms with Gasteiger partial charge in [-0.2, -0.15) is 0 Å². The number of carbonyl (C=O) groups excluding carboxylic acids is 3. The van der Waals surface area contributed by atoms with E-state index < -0.39 is 5.97 Å². The van der Waals surface area contributed by atoms with Crippen LogP contribution in [0.4, 0.5) is 0 Å². The molecule has 1 aromatic rings. The number of allylic oxidation sites excluding steroid dienone is 1. The summed E-state index contributed by atoms with van der Waals surface area (Å²) in [6.07, 6.45) is 5.33. The van der Waals surface area contributed by atoms with Gasteiger partial charge < -0.3 is 15.2 Å². The van der Waals surface area contributed by atoms with Gasteiger partial charge in [-0.15, -0.1) is 11.8 Å². The third kappa shape index (κ3) is 11.3. The number of carbonyl (C=O) groups is 3. The van der Waals surface area contributed by atoms with Crippen molar-refractivity contribution in [2.75, 3.05) is 36.7 Å². The van der Waals surface area contributed by atoms with Crippen LogP contribution in [0.1, 0.15) is 29.3 Å². The van der Waals surface area contributed by atoms with E-state index in [1.165, 1.54) is 40.8 Å². The lowest BCUT2D eigenvalue weighted by Crippen LogP contribution is -2.27. The number of phenolic OH excluding ortho intramolecular Hbond substituents is 1. The van der Waals surface area contributed by atoms with Gasteiger partial charge in [0.05, 0.1) is 18.6 Å². The number of phenols is 1. The molecule has 0 aliphatic carbocycles. The molecule has 1 rings (SSSR count). The molecule has 0 atom stereocenters. The van der Waals surface area contributed by atoms with Crippen molar-refractivity contribution < 1.29 is 24.2 Å². The van der Waals surface area contributed by atoms with Gasteiger partial charge in [0.2, 0.25) is 5.91 Å². The molecule has 29 heavy (non-hydrogen) atoms. The second-order valence-electron chi connectivity index (χ2n) is 5.89. The van der Waals surface area contributed by atoms with Crippen molar-refractivity contribution in [1.82, 2.24) is 5.32 Å². The zero-order valence-electron chi connectivity index (χ0n) is 16.6. The Balaban J connectivity index is 2.18. The number of methoxy groups -OCH3 is 1. The fourth-order valence-electron chi connectivity index (χ4n) is 2.15. The summed E-state index contributed by atoms with van der Waals surface area (Å²) in [5.41, 5.74) is 0.701. The first-order valence-electron chi connectivity index (χ1n) is 9.13. The number of ketones is 1. The number of thioether (sulfide) groups is 1. The van der Waals surface area contributed by atoms with E-state index in [0.717, 1.165) is 17.9 Å². The van der Waals surface area contributed by atoms with Crippen molar-refractivity contribution in [3.63, 3.8) is 0 Å². The molecule has 0 radical (unpaired) electrons. The molecule has 0 heterocycles. The van der Waals surface area contributed by atoms with Crippen LogP contribution in [0.5, 0.6) is 5.75 Å². The Kier molecular flexibility index (Phi) is 13.4. The van der Waals surface area contributed by atoms with Gasteiger partial charge in [-0.1, -0.05) is 46.7 Å². The summed E-state index contributed by atoms with van der Waals surface area (Å²) in [4.78, 5) is 35.3. The van der Waals surface area contributed by atoms with E-state index >= 15 is 0 Å². The van der Waals surface area contributed by atoms with Crippen molar-refractivity contribution in [3.8, 4) is 5.75 Å². The number of amides is 1. The number of nitrogens with one attached hydrogen (secondary N) is 1. The average molecular weight is 458 g/mol. The van der Waals surface area contributed by atoms with Crippen molar-refractivity contribution in [3.05, 3.63) is 41.5 Å². The van der Waals surface area contributed by atoms with Gasteiger partial charge in [0, 0.05) is 24.5 Å². The van der Waals surface area contributed by atoms with Crippen LogP contribution in [-0.4, -0.2) is 59.4 Å². The van der Waals surface area contributed by atoms with Crippen LogP contribution < -0.4 is 5.32 Å². The van der Waals surface area contributed by atoms with Crippen LogP contribution in [0.3, 0.4) is 0 Å². The zero-order valence-corrected chi connectivity index (χ0v) is 19.1. The zero-order chi connectivity index (χ0) is 21.5. The van der Waals surface area contributed by atoms with Crippen LogP contribution in [0.15, 0.2) is 30.4 Å². The number of benzene rings is 1. The molecule has 0 aliphatic rings. The number of aromatic hydroxyl groups is 1. The third-order valence-corrected chi connectivity index (χ3v) is 6.75. The minimum Gasteiger partial charge on any atom is -0.507 e. The Labute approximate surface area is 184 Å². The molecule has 0 spiro atoms. The van der Waals surface area contributed by atoms with Gasteiger partial charge in [0.15, 0.2) is 0 Å². The Bertz CT molecular complexity index is 709. The van der Waals surface area contributed by atoms with Crippen molar-refractivity contribution in [1.29, 1.82) is 0 Å². The predicted molar refractivity (Wildman–Crippen MR) is 123 cm³/mol. The molecule has 6 nitrogen and oxygen atoms in total. The number of esters is 1. The van der Waals surface area contributed by atoms with E-state index in [1.807, 2.05) is 0 Å². The molecule has 1 aromatic carbocycles. The monoisotopic (exact) mass is 457 g/mol. The molecule has 160 valence electrons. The van der Waals surface area contributed by atoms with Gasteiger partial charge in [-0.05, 0) is 24.1 Å². The fraction of sp³-hybridized carbons (Fsp3) is 0.450. The molecule has 0 unspecified atom stereocenters. The van der Waals surface area contributed by atoms with Crippen LogP contribution in [0.2, 0.25) is 0 Å². The van der Waals surface area contributed by atoms with Crippen molar-refractivity contribution >= 4 is 51.0 Å². The number of ether oxygens (including phenoxy) is 1. The largest absolute Gasteiger partial charge is 0.507 e. The molecule has 0 saturated carbocycles. The normalized spacial score (nSPS) is 10.8. The van der Waals surface area contributed by atoms with Gasteiger partial charge in [0.25, 0.3) is 0 Å². The second-order valence-corrected chi connectivity index (χ2v) is 9.50. The van der Waals surface area contributed by atoms with Gasteiger partial charge in [-0.25, -0.2) is 4.79 Å². The number of rotatable bonds is 14. The lowest BCUT2D eigenvalue weighted by atomic mass is 10.1. The Morgan fingerprint density at radius 1 is 1.17 bits per heavy atom. The smallest absolute Gasteiger partial charge is 0.341 e. The summed E-state index contributed by atoms with van der Waals surface area (Å²) < 4.78 is 4.61. The summed E-state index contributed by atoms with van der Waals surface area (Å²) in [7, 11) is 4.21.